The van der Waals surface area contributed by atoms with Gasteiger partial charge in [-0.05, 0) is 50.0 Å². The number of aliphatic hydroxyl groups excluding tert-OH is 2. The van der Waals surface area contributed by atoms with Crippen LogP contribution in [-0.2, 0) is 19.1 Å². The largest absolute Gasteiger partial charge is 0.446 e. The number of halogens is 1. The summed E-state index contributed by atoms with van der Waals surface area (Å²) in [5.74, 6) is -4.50. The standard InChI is InChI=1S/C29H31FO7/c1-16-11-19-20-13-22(33)21-12-18(32)9-10-26(21,2)28(20,30)23(34)14-27(19,3)29(16,24(35)15-31)37-25(36)17-7-5-4-6-8-17/h4-10,12,16,19-20,23,31,34H,11,13-15H2,1-3H3/t16?,19-,20-,23?,26-,27-,28-,29-/m0/s1. The molecule has 0 spiro atoms. The molecule has 2 N–H and O–H groups in total. The van der Waals surface area contributed by atoms with Gasteiger partial charge in [0, 0.05) is 29.2 Å². The lowest BCUT2D eigenvalue weighted by Gasteiger charge is -2.62. The van der Waals surface area contributed by atoms with E-state index in [2.05, 4.69) is 0 Å². The Morgan fingerprint density at radius 3 is 2.46 bits per heavy atom. The second-order valence-electron chi connectivity index (χ2n) is 11.5. The molecule has 1 aromatic carbocycles. The van der Waals surface area contributed by atoms with Crippen LogP contribution in [0, 0.1) is 28.6 Å². The van der Waals surface area contributed by atoms with Crippen molar-refractivity contribution in [1.29, 1.82) is 0 Å². The highest BCUT2D eigenvalue weighted by Crippen LogP contribution is 2.71. The molecule has 4 aliphatic rings. The summed E-state index contributed by atoms with van der Waals surface area (Å²) in [4.78, 5) is 52.0. The Labute approximate surface area is 214 Å². The number of Topliss-reactive ketones (excluding diaryl/α,β-unsaturated/α-hetero) is 2. The number of carbonyl (C=O) groups is 4. The molecule has 196 valence electrons. The van der Waals surface area contributed by atoms with Crippen molar-refractivity contribution in [2.75, 3.05) is 6.61 Å². The van der Waals surface area contributed by atoms with Gasteiger partial charge in [0.1, 0.15) is 6.61 Å². The van der Waals surface area contributed by atoms with Gasteiger partial charge in [-0.15, -0.1) is 0 Å². The highest BCUT2D eigenvalue weighted by molar-refractivity contribution is 6.10. The number of rotatable bonds is 4. The minimum atomic E-state index is -2.30. The third-order valence-electron chi connectivity index (χ3n) is 9.85. The van der Waals surface area contributed by atoms with Crippen LogP contribution < -0.4 is 0 Å². The lowest BCUT2D eigenvalue weighted by molar-refractivity contribution is -0.218. The minimum absolute atomic E-state index is 0.0423. The fourth-order valence-corrected chi connectivity index (χ4v) is 8.13. The average Bonchev–Trinajstić information content (AvgIpc) is 3.09. The van der Waals surface area contributed by atoms with E-state index in [-0.39, 0.29) is 36.2 Å². The first-order valence-electron chi connectivity index (χ1n) is 12.6. The Hall–Kier alpha value is -2.97. The number of hydrogen-bond acceptors (Lipinski definition) is 7. The van der Waals surface area contributed by atoms with Crippen molar-refractivity contribution in [2.45, 2.75) is 57.4 Å². The molecule has 0 bridgehead atoms. The highest BCUT2D eigenvalue weighted by atomic mass is 19.1. The van der Waals surface area contributed by atoms with Crippen molar-refractivity contribution in [2.24, 2.45) is 28.6 Å². The Morgan fingerprint density at radius 1 is 1.14 bits per heavy atom. The summed E-state index contributed by atoms with van der Waals surface area (Å²) in [6, 6.07) is 8.14. The monoisotopic (exact) mass is 510 g/mol. The number of allylic oxidation sites excluding steroid dienone is 4. The molecule has 0 heterocycles. The fourth-order valence-electron chi connectivity index (χ4n) is 8.13. The Kier molecular flexibility index (Phi) is 5.73. The van der Waals surface area contributed by atoms with Gasteiger partial charge >= 0.3 is 5.97 Å². The van der Waals surface area contributed by atoms with Crippen LogP contribution in [0.3, 0.4) is 0 Å². The second kappa shape index (κ2) is 8.27. The van der Waals surface area contributed by atoms with E-state index in [1.165, 1.54) is 19.1 Å². The van der Waals surface area contributed by atoms with Gasteiger partial charge in [-0.1, -0.05) is 38.1 Å². The first kappa shape index (κ1) is 25.7. The Bertz CT molecular complexity index is 1250. The molecule has 7 nitrogen and oxygen atoms in total. The maximum Gasteiger partial charge on any atom is 0.339 e. The van der Waals surface area contributed by atoms with Gasteiger partial charge < -0.3 is 14.9 Å². The second-order valence-corrected chi connectivity index (χ2v) is 11.5. The van der Waals surface area contributed by atoms with Gasteiger partial charge in [0.2, 0.25) is 5.78 Å². The summed E-state index contributed by atoms with van der Waals surface area (Å²) < 4.78 is 23.4. The number of carbonyl (C=O) groups excluding carboxylic acids is 4. The summed E-state index contributed by atoms with van der Waals surface area (Å²) >= 11 is 0. The van der Waals surface area contributed by atoms with Gasteiger partial charge in [0.15, 0.2) is 22.8 Å². The van der Waals surface area contributed by atoms with Crippen LogP contribution in [0.1, 0.15) is 50.4 Å². The van der Waals surface area contributed by atoms with Crippen LogP contribution in [0.15, 0.2) is 54.1 Å². The van der Waals surface area contributed by atoms with E-state index in [1.54, 1.807) is 44.2 Å². The first-order chi connectivity index (χ1) is 17.4. The quantitative estimate of drug-likeness (QED) is 0.598. The van der Waals surface area contributed by atoms with Crippen LogP contribution in [0.5, 0.6) is 0 Å². The lowest BCUT2D eigenvalue weighted by atomic mass is 9.44. The molecule has 0 radical (unpaired) electrons. The van der Waals surface area contributed by atoms with Gasteiger partial charge in [-0.2, -0.15) is 0 Å². The van der Waals surface area contributed by atoms with Crippen LogP contribution in [0.2, 0.25) is 0 Å². The molecule has 3 saturated carbocycles. The number of ether oxygens (including phenoxy) is 1. The predicted octanol–water partition coefficient (Wildman–Crippen LogP) is 2.94. The molecular weight excluding hydrogens is 479 g/mol. The minimum Gasteiger partial charge on any atom is -0.446 e. The molecule has 5 rings (SSSR count). The zero-order valence-electron chi connectivity index (χ0n) is 21.1. The number of fused-ring (bicyclic) bond motifs is 5. The van der Waals surface area contributed by atoms with Crippen molar-refractivity contribution < 1.29 is 38.5 Å². The smallest absolute Gasteiger partial charge is 0.339 e. The van der Waals surface area contributed by atoms with Crippen molar-refractivity contribution >= 4 is 23.3 Å². The third-order valence-corrected chi connectivity index (χ3v) is 9.85. The van der Waals surface area contributed by atoms with Crippen molar-refractivity contribution in [3.8, 4) is 0 Å². The normalized spacial score (nSPS) is 42.4. The zero-order chi connectivity index (χ0) is 27.0. The molecule has 8 atom stereocenters. The number of alkyl halides is 1. The SMILES string of the molecule is CC1C[C@H]2[C@@H]3CC(=O)C4=CC(=O)C=C[C@]4(C)[C@@]3(F)C(O)C[C@]2(C)[C@@]1(OC(=O)c1ccccc1)C(=O)CO. The number of esters is 1. The lowest BCUT2D eigenvalue weighted by Crippen LogP contribution is -2.71. The van der Waals surface area contributed by atoms with E-state index in [0.717, 1.165) is 6.08 Å². The number of aliphatic hydroxyl groups is 2. The number of ketones is 3. The molecule has 8 heteroatoms. The fraction of sp³-hybridized carbons (Fsp3) is 0.517. The van der Waals surface area contributed by atoms with E-state index in [4.69, 9.17) is 4.74 Å². The summed E-state index contributed by atoms with van der Waals surface area (Å²) in [5, 5.41) is 21.5. The summed E-state index contributed by atoms with van der Waals surface area (Å²) in [6.45, 7) is 4.04. The summed E-state index contributed by atoms with van der Waals surface area (Å²) in [7, 11) is 0. The summed E-state index contributed by atoms with van der Waals surface area (Å²) in [5.41, 5.74) is -6.66. The van der Waals surface area contributed by atoms with Crippen molar-refractivity contribution in [3.63, 3.8) is 0 Å². The Morgan fingerprint density at radius 2 is 1.81 bits per heavy atom. The van der Waals surface area contributed by atoms with E-state index in [9.17, 15) is 29.4 Å². The number of hydrogen-bond donors (Lipinski definition) is 2. The first-order valence-corrected chi connectivity index (χ1v) is 12.6. The maximum absolute atomic E-state index is 17.4. The molecule has 0 aliphatic heterocycles. The molecule has 37 heavy (non-hydrogen) atoms. The molecule has 0 saturated heterocycles. The molecule has 3 fully saturated rings. The van der Waals surface area contributed by atoms with Crippen LogP contribution in [0.25, 0.3) is 0 Å². The van der Waals surface area contributed by atoms with E-state index in [0.29, 0.717) is 0 Å². The van der Waals surface area contributed by atoms with E-state index >= 15 is 4.39 Å². The maximum atomic E-state index is 17.4. The summed E-state index contributed by atoms with van der Waals surface area (Å²) in [6.07, 6.45) is 1.88. The molecule has 4 aliphatic carbocycles. The molecule has 2 unspecified atom stereocenters. The highest BCUT2D eigenvalue weighted by Gasteiger charge is 2.78. The number of benzene rings is 1. The van der Waals surface area contributed by atoms with Gasteiger partial charge in [-0.3, -0.25) is 14.4 Å². The van der Waals surface area contributed by atoms with Gasteiger partial charge in [-0.25, -0.2) is 9.18 Å². The van der Waals surface area contributed by atoms with Gasteiger partial charge in [0.05, 0.1) is 17.1 Å². The van der Waals surface area contributed by atoms with Crippen molar-refractivity contribution in [3.05, 3.63) is 59.7 Å². The van der Waals surface area contributed by atoms with Gasteiger partial charge in [0.25, 0.3) is 0 Å². The molecule has 0 aromatic heterocycles. The van der Waals surface area contributed by atoms with Crippen LogP contribution >= 0.6 is 0 Å². The average molecular weight is 511 g/mol. The predicted molar refractivity (Wildman–Crippen MR) is 130 cm³/mol. The zero-order valence-corrected chi connectivity index (χ0v) is 21.1. The molecule has 0 amide bonds. The molecular formula is C29H31FO7. The van der Waals surface area contributed by atoms with E-state index < -0.39 is 70.1 Å². The van der Waals surface area contributed by atoms with E-state index in [1.807, 2.05) is 0 Å². The third kappa shape index (κ3) is 3.12. The Balaban J connectivity index is 1.64. The topological polar surface area (TPSA) is 118 Å². The van der Waals surface area contributed by atoms with Crippen LogP contribution in [-0.4, -0.2) is 57.5 Å². The molecule has 1 aromatic rings. The van der Waals surface area contributed by atoms with Crippen LogP contribution in [0.4, 0.5) is 4.39 Å². The van der Waals surface area contributed by atoms with Crippen molar-refractivity contribution in [1.82, 2.24) is 0 Å².